The number of nitrogens with one attached hydrogen (secondary N) is 1. The lowest BCUT2D eigenvalue weighted by Crippen LogP contribution is -2.32. The monoisotopic (exact) mass is 292 g/mol. The smallest absolute Gasteiger partial charge is 0.296 e. The van der Waals surface area contributed by atoms with Gasteiger partial charge in [0.25, 0.3) is 11.7 Å². The van der Waals surface area contributed by atoms with Crippen LogP contribution in [-0.4, -0.2) is 24.3 Å². The summed E-state index contributed by atoms with van der Waals surface area (Å²) in [6.45, 7) is 3.15. The predicted molar refractivity (Wildman–Crippen MR) is 79.7 cm³/mol. The fourth-order valence-electron chi connectivity index (χ4n) is 3.01. The number of carbonyl (C=O) groups is 2. The van der Waals surface area contributed by atoms with Crippen LogP contribution in [0.3, 0.4) is 0 Å². The van der Waals surface area contributed by atoms with Gasteiger partial charge in [-0.25, -0.2) is 0 Å². The Morgan fingerprint density at radius 2 is 2.05 bits per heavy atom. The molecule has 1 saturated heterocycles. The number of hydrogen-bond donors (Lipinski definition) is 1. The van der Waals surface area contributed by atoms with Crippen molar-refractivity contribution in [2.75, 3.05) is 16.8 Å². The highest BCUT2D eigenvalue weighted by Crippen LogP contribution is 2.37. The summed E-state index contributed by atoms with van der Waals surface area (Å²) in [5, 5.41) is 3.15. The second-order valence-electron chi connectivity index (χ2n) is 5.52. The van der Waals surface area contributed by atoms with Gasteiger partial charge in [-0.2, -0.15) is 0 Å². The van der Waals surface area contributed by atoms with Crippen molar-refractivity contribution < 1.29 is 9.59 Å². The molecule has 2 heterocycles. The average Bonchev–Trinajstić information content (AvgIpc) is 2.60. The summed E-state index contributed by atoms with van der Waals surface area (Å²) in [4.78, 5) is 25.4. The van der Waals surface area contributed by atoms with Gasteiger partial charge in [0, 0.05) is 12.6 Å². The van der Waals surface area contributed by atoms with Gasteiger partial charge in [0.2, 0.25) is 0 Å². The van der Waals surface area contributed by atoms with Crippen LogP contribution in [0.15, 0.2) is 12.1 Å². The maximum atomic E-state index is 11.7. The Morgan fingerprint density at radius 1 is 1.25 bits per heavy atom. The SMILES string of the molecule is CC1CCCCCN1c1cc2c(cc1Cl)C(=O)C(=O)N2. The normalized spacial score (nSPS) is 22.5. The molecule has 1 aromatic carbocycles. The molecule has 1 N–H and O–H groups in total. The third kappa shape index (κ3) is 2.18. The number of ketones is 1. The predicted octanol–water partition coefficient (Wildman–Crippen LogP) is 3.24. The molecule has 0 aromatic heterocycles. The van der Waals surface area contributed by atoms with E-state index in [1.165, 1.54) is 12.8 Å². The quantitative estimate of drug-likeness (QED) is 0.808. The Labute approximate surface area is 123 Å². The third-order valence-electron chi connectivity index (χ3n) is 4.15. The van der Waals surface area contributed by atoms with Gasteiger partial charge in [-0.1, -0.05) is 24.4 Å². The Hall–Kier alpha value is -1.55. The zero-order chi connectivity index (χ0) is 14.3. The van der Waals surface area contributed by atoms with Crippen molar-refractivity contribution in [3.8, 4) is 0 Å². The van der Waals surface area contributed by atoms with E-state index < -0.39 is 11.7 Å². The van der Waals surface area contributed by atoms with Gasteiger partial charge in [-0.3, -0.25) is 9.59 Å². The number of benzene rings is 1. The number of rotatable bonds is 1. The topological polar surface area (TPSA) is 49.4 Å². The van der Waals surface area contributed by atoms with Gasteiger partial charge in [-0.05, 0) is 31.9 Å². The third-order valence-corrected chi connectivity index (χ3v) is 4.45. The molecule has 0 saturated carbocycles. The Bertz CT molecular complexity index is 585. The lowest BCUT2D eigenvalue weighted by molar-refractivity contribution is -0.112. The van der Waals surface area contributed by atoms with Crippen LogP contribution in [0.4, 0.5) is 11.4 Å². The highest BCUT2D eigenvalue weighted by Gasteiger charge is 2.30. The minimum absolute atomic E-state index is 0.381. The number of carbonyl (C=O) groups excluding carboxylic acids is 2. The summed E-state index contributed by atoms with van der Waals surface area (Å²) in [7, 11) is 0. The van der Waals surface area contributed by atoms with Crippen LogP contribution in [0.1, 0.15) is 43.0 Å². The number of amides is 1. The minimum Gasteiger partial charge on any atom is -0.368 e. The maximum absolute atomic E-state index is 11.7. The number of anilines is 2. The van der Waals surface area contributed by atoms with Crippen LogP contribution in [-0.2, 0) is 4.79 Å². The van der Waals surface area contributed by atoms with Gasteiger partial charge in [-0.15, -0.1) is 0 Å². The molecular weight excluding hydrogens is 276 g/mol. The molecule has 106 valence electrons. The molecule has 5 heteroatoms. The molecule has 1 unspecified atom stereocenters. The van der Waals surface area contributed by atoms with E-state index in [1.54, 1.807) is 6.07 Å². The average molecular weight is 293 g/mol. The number of nitrogens with zero attached hydrogens (tertiary/aromatic N) is 1. The molecule has 1 atom stereocenters. The fraction of sp³-hybridized carbons (Fsp3) is 0.467. The van der Waals surface area contributed by atoms with Crippen LogP contribution >= 0.6 is 11.6 Å². The van der Waals surface area contributed by atoms with Crippen molar-refractivity contribution in [2.24, 2.45) is 0 Å². The van der Waals surface area contributed by atoms with Gasteiger partial charge >= 0.3 is 0 Å². The molecule has 1 fully saturated rings. The van der Waals surface area contributed by atoms with E-state index in [-0.39, 0.29) is 0 Å². The Morgan fingerprint density at radius 3 is 2.85 bits per heavy atom. The van der Waals surface area contributed by atoms with Crippen LogP contribution in [0.5, 0.6) is 0 Å². The van der Waals surface area contributed by atoms with E-state index in [2.05, 4.69) is 17.1 Å². The first-order valence-corrected chi connectivity index (χ1v) is 7.41. The second kappa shape index (κ2) is 5.09. The highest BCUT2D eigenvalue weighted by molar-refractivity contribution is 6.52. The lowest BCUT2D eigenvalue weighted by Gasteiger charge is -2.30. The van der Waals surface area contributed by atoms with Crippen LogP contribution in [0.2, 0.25) is 5.02 Å². The first kappa shape index (κ1) is 13.4. The van der Waals surface area contributed by atoms with Gasteiger partial charge in [0.15, 0.2) is 0 Å². The molecule has 0 spiro atoms. The molecular formula is C15H17ClN2O2. The highest BCUT2D eigenvalue weighted by atomic mass is 35.5. The van der Waals surface area contributed by atoms with E-state index >= 15 is 0 Å². The van der Waals surface area contributed by atoms with E-state index in [1.807, 2.05) is 6.07 Å². The Balaban J connectivity index is 2.00. The van der Waals surface area contributed by atoms with Crippen molar-refractivity contribution >= 4 is 34.7 Å². The summed E-state index contributed by atoms with van der Waals surface area (Å²) in [5.74, 6) is -1.07. The van der Waals surface area contributed by atoms with Crippen molar-refractivity contribution in [2.45, 2.75) is 38.6 Å². The molecule has 4 nitrogen and oxygen atoms in total. The van der Waals surface area contributed by atoms with Crippen LogP contribution in [0.25, 0.3) is 0 Å². The van der Waals surface area contributed by atoms with Crippen molar-refractivity contribution in [1.29, 1.82) is 0 Å². The van der Waals surface area contributed by atoms with Crippen molar-refractivity contribution in [1.82, 2.24) is 0 Å². The van der Waals surface area contributed by atoms with Crippen LogP contribution in [0, 0.1) is 0 Å². The summed E-state index contributed by atoms with van der Waals surface area (Å²) < 4.78 is 0. The van der Waals surface area contributed by atoms with E-state index in [0.717, 1.165) is 25.1 Å². The largest absolute Gasteiger partial charge is 0.368 e. The number of Topliss-reactive ketones (excluding diaryl/α,β-unsaturated/α-hetero) is 1. The van der Waals surface area contributed by atoms with Gasteiger partial charge in [0.1, 0.15) is 0 Å². The first-order chi connectivity index (χ1) is 9.58. The summed E-state index contributed by atoms with van der Waals surface area (Å²) in [5.41, 5.74) is 1.87. The molecule has 2 aliphatic rings. The maximum Gasteiger partial charge on any atom is 0.296 e. The van der Waals surface area contributed by atoms with Gasteiger partial charge < -0.3 is 10.2 Å². The van der Waals surface area contributed by atoms with E-state index in [4.69, 9.17) is 11.6 Å². The summed E-state index contributed by atoms with van der Waals surface area (Å²) in [6, 6.07) is 3.87. The number of halogens is 1. The van der Waals surface area contributed by atoms with Gasteiger partial charge in [0.05, 0.1) is 22.0 Å². The zero-order valence-electron chi connectivity index (χ0n) is 11.4. The summed E-state index contributed by atoms with van der Waals surface area (Å²) >= 11 is 6.34. The molecule has 0 aliphatic carbocycles. The lowest BCUT2D eigenvalue weighted by atomic mass is 10.1. The zero-order valence-corrected chi connectivity index (χ0v) is 12.2. The molecule has 0 radical (unpaired) electrons. The second-order valence-corrected chi connectivity index (χ2v) is 5.93. The molecule has 20 heavy (non-hydrogen) atoms. The molecule has 1 amide bonds. The van der Waals surface area contributed by atoms with E-state index in [9.17, 15) is 9.59 Å². The molecule has 0 bridgehead atoms. The fourth-order valence-corrected chi connectivity index (χ4v) is 3.28. The first-order valence-electron chi connectivity index (χ1n) is 7.04. The molecule has 1 aromatic rings. The molecule has 2 aliphatic heterocycles. The summed E-state index contributed by atoms with van der Waals surface area (Å²) in [6.07, 6.45) is 4.75. The Kier molecular flexibility index (Phi) is 3.42. The number of hydrogen-bond acceptors (Lipinski definition) is 3. The van der Waals surface area contributed by atoms with Crippen molar-refractivity contribution in [3.63, 3.8) is 0 Å². The van der Waals surface area contributed by atoms with E-state index in [0.29, 0.717) is 22.3 Å². The standard InChI is InChI=1S/C15H17ClN2O2/c1-9-5-3-2-4-6-18(9)13-8-12-10(7-11(13)16)14(19)15(20)17-12/h7-9H,2-6H2,1H3,(H,17,19,20). The van der Waals surface area contributed by atoms with Crippen LogP contribution < -0.4 is 10.2 Å². The molecule has 3 rings (SSSR count). The minimum atomic E-state index is -0.572. The number of fused-ring (bicyclic) bond motifs is 1. The van der Waals surface area contributed by atoms with Crippen molar-refractivity contribution in [3.05, 3.63) is 22.7 Å².